The number of phenols is 1. The van der Waals surface area contributed by atoms with Crippen LogP contribution in [0, 0.1) is 0 Å². The molecule has 1 N–H and O–H groups in total. The van der Waals surface area contributed by atoms with Gasteiger partial charge in [0.15, 0.2) is 5.43 Å². The van der Waals surface area contributed by atoms with Crippen molar-refractivity contribution in [1.29, 1.82) is 0 Å². The van der Waals surface area contributed by atoms with E-state index in [1.807, 2.05) is 0 Å². The zero-order valence-corrected chi connectivity index (χ0v) is 14.8. The van der Waals surface area contributed by atoms with Crippen molar-refractivity contribution in [2.24, 2.45) is 0 Å². The first kappa shape index (κ1) is 17.3. The van der Waals surface area contributed by atoms with Crippen molar-refractivity contribution in [3.05, 3.63) is 75.6 Å². The molecule has 0 aliphatic carbocycles. The summed E-state index contributed by atoms with van der Waals surface area (Å²) in [7, 11) is 1.60. The summed E-state index contributed by atoms with van der Waals surface area (Å²) < 4.78 is 10.9. The highest BCUT2D eigenvalue weighted by atomic mass is 16.5. The quantitative estimate of drug-likeness (QED) is 0.703. The first-order valence-corrected chi connectivity index (χ1v) is 8.76. The molecular formula is C21H19NO5. The average molecular weight is 365 g/mol. The normalized spacial score (nSPS) is 16.1. The highest BCUT2D eigenvalue weighted by Crippen LogP contribution is 2.38. The highest BCUT2D eigenvalue weighted by molar-refractivity contribution is 5.99. The molecule has 0 saturated carbocycles. The van der Waals surface area contributed by atoms with Crippen LogP contribution in [0.25, 0.3) is 11.0 Å². The molecule has 1 atom stereocenters. The summed E-state index contributed by atoms with van der Waals surface area (Å²) in [6.07, 6.45) is 0.624. The SMILES string of the molecule is COCCCN1C(=O)c2oc3ccccc3c(=O)c2C1c1cccc(O)c1. The maximum atomic E-state index is 13.2. The van der Waals surface area contributed by atoms with E-state index in [1.54, 1.807) is 60.5 Å². The van der Waals surface area contributed by atoms with Gasteiger partial charge in [-0.3, -0.25) is 9.59 Å². The summed E-state index contributed by atoms with van der Waals surface area (Å²) >= 11 is 0. The second kappa shape index (κ2) is 6.89. The van der Waals surface area contributed by atoms with E-state index < -0.39 is 6.04 Å². The Kier molecular flexibility index (Phi) is 4.41. The summed E-state index contributed by atoms with van der Waals surface area (Å²) in [5, 5.41) is 10.3. The predicted molar refractivity (Wildman–Crippen MR) is 100.0 cm³/mol. The van der Waals surface area contributed by atoms with Gasteiger partial charge in [-0.1, -0.05) is 24.3 Å². The third-order valence-corrected chi connectivity index (χ3v) is 4.81. The molecule has 0 fully saturated rings. The van der Waals surface area contributed by atoms with Crippen LogP contribution in [0.4, 0.5) is 0 Å². The number of phenolic OH excluding ortho intramolecular Hbond substituents is 1. The first-order valence-electron chi connectivity index (χ1n) is 8.76. The summed E-state index contributed by atoms with van der Waals surface area (Å²) in [5.41, 5.74) is 1.16. The Balaban J connectivity index is 1.92. The Morgan fingerprint density at radius 1 is 1.15 bits per heavy atom. The molecule has 4 rings (SSSR count). The summed E-state index contributed by atoms with van der Waals surface area (Å²) in [5.74, 6) is -0.169. The van der Waals surface area contributed by atoms with Gasteiger partial charge >= 0.3 is 0 Å². The van der Waals surface area contributed by atoms with Crippen LogP contribution in [0.3, 0.4) is 0 Å². The van der Waals surface area contributed by atoms with Crippen LogP contribution in [0.5, 0.6) is 5.75 Å². The van der Waals surface area contributed by atoms with Crippen LogP contribution in [0.15, 0.2) is 57.7 Å². The zero-order valence-electron chi connectivity index (χ0n) is 14.8. The summed E-state index contributed by atoms with van der Waals surface area (Å²) in [4.78, 5) is 27.8. The largest absolute Gasteiger partial charge is 0.508 e. The molecule has 1 aliphatic rings. The van der Waals surface area contributed by atoms with Crippen molar-refractivity contribution in [1.82, 2.24) is 4.90 Å². The third kappa shape index (κ3) is 2.88. The van der Waals surface area contributed by atoms with E-state index in [1.165, 1.54) is 0 Å². The molecule has 2 heterocycles. The molecule has 1 amide bonds. The lowest BCUT2D eigenvalue weighted by molar-refractivity contribution is 0.0707. The summed E-state index contributed by atoms with van der Waals surface area (Å²) in [6, 6.07) is 12.9. The van der Waals surface area contributed by atoms with Crippen LogP contribution in [0.2, 0.25) is 0 Å². The van der Waals surface area contributed by atoms with Crippen molar-refractivity contribution < 1.29 is 19.1 Å². The number of ether oxygens (including phenoxy) is 1. The summed E-state index contributed by atoms with van der Waals surface area (Å²) in [6.45, 7) is 0.906. The van der Waals surface area contributed by atoms with Gasteiger partial charge in [-0.2, -0.15) is 0 Å². The maximum Gasteiger partial charge on any atom is 0.290 e. The van der Waals surface area contributed by atoms with E-state index in [4.69, 9.17) is 9.15 Å². The minimum atomic E-state index is -0.600. The number of carbonyl (C=O) groups is 1. The van der Waals surface area contributed by atoms with Crippen molar-refractivity contribution >= 4 is 16.9 Å². The molecule has 138 valence electrons. The van der Waals surface area contributed by atoms with Gasteiger partial charge < -0.3 is 19.2 Å². The Labute approximate surface area is 155 Å². The second-order valence-corrected chi connectivity index (χ2v) is 6.51. The van der Waals surface area contributed by atoms with Crippen molar-refractivity contribution in [3.63, 3.8) is 0 Å². The third-order valence-electron chi connectivity index (χ3n) is 4.81. The van der Waals surface area contributed by atoms with Gasteiger partial charge in [0.2, 0.25) is 5.76 Å². The molecule has 1 aliphatic heterocycles. The minimum Gasteiger partial charge on any atom is -0.508 e. The number of benzene rings is 2. The fourth-order valence-electron chi connectivity index (χ4n) is 3.62. The fraction of sp³-hybridized carbons (Fsp3) is 0.238. The first-order chi connectivity index (χ1) is 13.1. The zero-order chi connectivity index (χ0) is 19.0. The molecule has 3 aromatic rings. The Hall–Kier alpha value is -3.12. The minimum absolute atomic E-state index is 0.0736. The molecule has 0 spiro atoms. The van der Waals surface area contributed by atoms with Crippen LogP contribution in [0.1, 0.15) is 34.1 Å². The van der Waals surface area contributed by atoms with E-state index in [2.05, 4.69) is 0 Å². The Bertz CT molecular complexity index is 1070. The van der Waals surface area contributed by atoms with E-state index in [-0.39, 0.29) is 22.8 Å². The number of carbonyl (C=O) groups excluding carboxylic acids is 1. The van der Waals surface area contributed by atoms with Crippen molar-refractivity contribution in [3.8, 4) is 5.75 Å². The van der Waals surface area contributed by atoms with Crippen LogP contribution in [-0.2, 0) is 4.74 Å². The van der Waals surface area contributed by atoms with Gasteiger partial charge in [0, 0.05) is 20.3 Å². The number of methoxy groups -OCH3 is 1. The van der Waals surface area contributed by atoms with E-state index in [0.29, 0.717) is 41.7 Å². The van der Waals surface area contributed by atoms with Crippen molar-refractivity contribution in [2.45, 2.75) is 12.5 Å². The monoisotopic (exact) mass is 365 g/mol. The number of nitrogens with zero attached hydrogens (tertiary/aromatic N) is 1. The van der Waals surface area contributed by atoms with E-state index >= 15 is 0 Å². The smallest absolute Gasteiger partial charge is 0.290 e. The van der Waals surface area contributed by atoms with Gasteiger partial charge in [0.05, 0.1) is 17.0 Å². The van der Waals surface area contributed by atoms with Crippen LogP contribution >= 0.6 is 0 Å². The topological polar surface area (TPSA) is 80.0 Å². The van der Waals surface area contributed by atoms with Gasteiger partial charge in [-0.05, 0) is 36.2 Å². The predicted octanol–water partition coefficient (Wildman–Crippen LogP) is 3.08. The molecule has 1 unspecified atom stereocenters. The van der Waals surface area contributed by atoms with Crippen LogP contribution < -0.4 is 5.43 Å². The molecule has 2 aromatic carbocycles. The number of fused-ring (bicyclic) bond motifs is 2. The highest BCUT2D eigenvalue weighted by Gasteiger charge is 2.42. The molecule has 6 nitrogen and oxygen atoms in total. The number of rotatable bonds is 5. The number of aromatic hydroxyl groups is 1. The molecule has 0 radical (unpaired) electrons. The number of para-hydroxylation sites is 1. The lowest BCUT2D eigenvalue weighted by Crippen LogP contribution is -2.31. The molecule has 1 aromatic heterocycles. The molecular weight excluding hydrogens is 346 g/mol. The number of amides is 1. The lowest BCUT2D eigenvalue weighted by atomic mass is 9.98. The van der Waals surface area contributed by atoms with Crippen LogP contribution in [-0.4, -0.2) is 36.2 Å². The van der Waals surface area contributed by atoms with E-state index in [0.717, 1.165) is 0 Å². The van der Waals surface area contributed by atoms with Gasteiger partial charge in [0.25, 0.3) is 5.91 Å². The Morgan fingerprint density at radius 3 is 2.74 bits per heavy atom. The van der Waals surface area contributed by atoms with Crippen molar-refractivity contribution in [2.75, 3.05) is 20.3 Å². The second-order valence-electron chi connectivity index (χ2n) is 6.51. The Morgan fingerprint density at radius 2 is 1.96 bits per heavy atom. The van der Waals surface area contributed by atoms with Gasteiger partial charge in [0.1, 0.15) is 11.3 Å². The number of hydrogen-bond donors (Lipinski definition) is 1. The average Bonchev–Trinajstić information content (AvgIpc) is 2.95. The lowest BCUT2D eigenvalue weighted by Gasteiger charge is -2.25. The fourth-order valence-corrected chi connectivity index (χ4v) is 3.62. The standard InChI is InChI=1S/C21H19NO5/c1-26-11-5-10-22-18(13-6-4-7-14(23)12-13)17-19(24)15-8-2-3-9-16(15)27-20(17)21(22)25/h2-4,6-9,12,18,23H,5,10-11H2,1H3. The molecule has 27 heavy (non-hydrogen) atoms. The van der Waals surface area contributed by atoms with E-state index in [9.17, 15) is 14.7 Å². The molecule has 6 heteroatoms. The maximum absolute atomic E-state index is 13.2. The van der Waals surface area contributed by atoms with Gasteiger partial charge in [-0.15, -0.1) is 0 Å². The molecule has 0 bridgehead atoms. The van der Waals surface area contributed by atoms with Gasteiger partial charge in [-0.25, -0.2) is 0 Å². The number of hydrogen-bond acceptors (Lipinski definition) is 5. The molecule has 0 saturated heterocycles.